The maximum absolute atomic E-state index is 11.4. The summed E-state index contributed by atoms with van der Waals surface area (Å²) in [6.45, 7) is 7.86. The van der Waals surface area contributed by atoms with Crippen molar-refractivity contribution < 1.29 is 18.8 Å². The van der Waals surface area contributed by atoms with Crippen LogP contribution in [0, 0.1) is 0 Å². The fraction of sp³-hybridized carbons (Fsp3) is 0.600. The van der Waals surface area contributed by atoms with Crippen molar-refractivity contribution in [1.29, 1.82) is 0 Å². The molecule has 3 rings (SSSR count). The lowest BCUT2D eigenvalue weighted by Crippen LogP contribution is -2.41. The number of amides is 1. The van der Waals surface area contributed by atoms with Crippen LogP contribution in [0.2, 0.25) is 0 Å². The molecule has 6 nitrogen and oxygen atoms in total. The Labute approximate surface area is 130 Å². The quantitative estimate of drug-likeness (QED) is 0.840. The van der Waals surface area contributed by atoms with Crippen LogP contribution in [0.5, 0.6) is 5.75 Å². The first-order valence-electron chi connectivity index (χ1n) is 7.53. The molecule has 2 aliphatic rings. The van der Waals surface area contributed by atoms with Crippen LogP contribution < -0.4 is 16.1 Å². The largest absolute Gasteiger partial charge is 0.518 e. The van der Waals surface area contributed by atoms with Gasteiger partial charge in [0.1, 0.15) is 17.0 Å². The fourth-order valence-corrected chi connectivity index (χ4v) is 2.19. The third-order valence-corrected chi connectivity index (χ3v) is 4.43. The first kappa shape index (κ1) is 15.3. The van der Waals surface area contributed by atoms with Gasteiger partial charge in [0.15, 0.2) is 0 Å². The van der Waals surface area contributed by atoms with Crippen molar-refractivity contribution in [3.63, 3.8) is 0 Å². The van der Waals surface area contributed by atoms with E-state index in [1.165, 1.54) is 0 Å². The molecular weight excluding hydrogens is 283 g/mol. The summed E-state index contributed by atoms with van der Waals surface area (Å²) >= 11 is 0. The lowest BCUT2D eigenvalue weighted by atomic mass is 9.83. The molecule has 1 amide bonds. The van der Waals surface area contributed by atoms with Gasteiger partial charge in [-0.25, -0.2) is 4.98 Å². The van der Waals surface area contributed by atoms with Gasteiger partial charge in [0.05, 0.1) is 17.3 Å². The molecule has 22 heavy (non-hydrogen) atoms. The maximum atomic E-state index is 11.4. The lowest BCUT2D eigenvalue weighted by Gasteiger charge is -2.32. The Balaban J connectivity index is 1.96. The second kappa shape index (κ2) is 4.96. The standard InChI is InChI=1S/C15H21BN2O4/c1-14(2)15(3,4)22-16(21-14)12-11(20-9-5-6-9)8-7-10(18-12)13(17)19/h7-9H,5-6H2,1-4H3,(H2,17,19). The predicted molar refractivity (Wildman–Crippen MR) is 82.1 cm³/mol. The van der Waals surface area contributed by atoms with Gasteiger partial charge in [0, 0.05) is 0 Å². The first-order chi connectivity index (χ1) is 10.2. The molecule has 0 atom stereocenters. The molecule has 7 heteroatoms. The molecule has 0 unspecified atom stereocenters. The fourth-order valence-electron chi connectivity index (χ4n) is 2.19. The smallest absolute Gasteiger partial charge is 0.489 e. The Morgan fingerprint density at radius 1 is 1.27 bits per heavy atom. The number of carbonyl (C=O) groups excluding carboxylic acids is 1. The molecule has 1 saturated carbocycles. The van der Waals surface area contributed by atoms with Gasteiger partial charge in [-0.15, -0.1) is 0 Å². The van der Waals surface area contributed by atoms with Gasteiger partial charge >= 0.3 is 7.12 Å². The van der Waals surface area contributed by atoms with Crippen molar-refractivity contribution >= 4 is 18.6 Å². The molecule has 0 spiro atoms. The highest BCUT2D eigenvalue weighted by Gasteiger charge is 2.53. The van der Waals surface area contributed by atoms with Crippen LogP contribution in [0.3, 0.4) is 0 Å². The highest BCUT2D eigenvalue weighted by molar-refractivity contribution is 6.62. The molecule has 2 N–H and O–H groups in total. The summed E-state index contributed by atoms with van der Waals surface area (Å²) in [5.41, 5.74) is 5.00. The van der Waals surface area contributed by atoms with Crippen LogP contribution in [0.15, 0.2) is 12.1 Å². The van der Waals surface area contributed by atoms with Crippen LogP contribution >= 0.6 is 0 Å². The molecule has 2 fully saturated rings. The van der Waals surface area contributed by atoms with Crippen LogP contribution in [0.4, 0.5) is 0 Å². The van der Waals surface area contributed by atoms with Crippen LogP contribution in [-0.4, -0.2) is 35.3 Å². The van der Waals surface area contributed by atoms with Crippen LogP contribution in [0.1, 0.15) is 51.0 Å². The number of ether oxygens (including phenoxy) is 1. The predicted octanol–water partition coefficient (Wildman–Crippen LogP) is 1.02. The van der Waals surface area contributed by atoms with E-state index < -0.39 is 24.2 Å². The number of carbonyl (C=O) groups is 1. The summed E-state index contributed by atoms with van der Waals surface area (Å²) in [6.07, 6.45) is 2.27. The van der Waals surface area contributed by atoms with Crippen LogP contribution in [0.25, 0.3) is 0 Å². The topological polar surface area (TPSA) is 83.7 Å². The van der Waals surface area contributed by atoms with Gasteiger partial charge in [-0.05, 0) is 52.7 Å². The van der Waals surface area contributed by atoms with Crippen LogP contribution in [-0.2, 0) is 9.31 Å². The average Bonchev–Trinajstić information content (AvgIpc) is 3.17. The van der Waals surface area contributed by atoms with E-state index in [0.29, 0.717) is 11.3 Å². The monoisotopic (exact) mass is 304 g/mol. The van der Waals surface area contributed by atoms with Gasteiger partial charge < -0.3 is 19.8 Å². The molecule has 1 saturated heterocycles. The minimum Gasteiger partial charge on any atom is -0.489 e. The molecule has 118 valence electrons. The van der Waals surface area contributed by atoms with Gasteiger partial charge in [0.2, 0.25) is 0 Å². The summed E-state index contributed by atoms with van der Waals surface area (Å²) in [5.74, 6) is 0.00161. The van der Waals surface area contributed by atoms with E-state index in [4.69, 9.17) is 19.8 Å². The number of pyridine rings is 1. The molecule has 0 radical (unpaired) electrons. The van der Waals surface area contributed by atoms with E-state index in [2.05, 4.69) is 4.98 Å². The zero-order valence-electron chi connectivity index (χ0n) is 13.4. The Kier molecular flexibility index (Phi) is 3.45. The molecule has 2 heterocycles. The van der Waals surface area contributed by atoms with Crippen molar-refractivity contribution in [3.8, 4) is 5.75 Å². The number of nitrogens with zero attached hydrogens (tertiary/aromatic N) is 1. The molecule has 0 aromatic carbocycles. The maximum Gasteiger partial charge on any atom is 0.518 e. The molecular formula is C15H21BN2O4. The molecule has 1 aliphatic carbocycles. The van der Waals surface area contributed by atoms with Crippen molar-refractivity contribution in [2.24, 2.45) is 5.73 Å². The van der Waals surface area contributed by atoms with Gasteiger partial charge in [-0.2, -0.15) is 0 Å². The minimum absolute atomic E-state index is 0.174. The SMILES string of the molecule is CC1(C)OB(c2nc(C(N)=O)ccc2OC2CC2)OC1(C)C. The molecule has 1 aliphatic heterocycles. The summed E-state index contributed by atoms with van der Waals surface area (Å²) in [4.78, 5) is 15.7. The number of hydrogen-bond donors (Lipinski definition) is 1. The van der Waals surface area contributed by atoms with E-state index in [9.17, 15) is 4.79 Å². The zero-order chi connectivity index (χ0) is 16.1. The number of rotatable bonds is 4. The normalized spacial score (nSPS) is 22.6. The Morgan fingerprint density at radius 2 is 1.86 bits per heavy atom. The van der Waals surface area contributed by atoms with E-state index >= 15 is 0 Å². The number of primary amides is 1. The summed E-state index contributed by atoms with van der Waals surface area (Å²) in [5, 5.41) is 0. The third-order valence-electron chi connectivity index (χ3n) is 4.43. The van der Waals surface area contributed by atoms with Gasteiger partial charge in [-0.3, -0.25) is 4.79 Å². The average molecular weight is 304 g/mol. The number of hydrogen-bond acceptors (Lipinski definition) is 5. The lowest BCUT2D eigenvalue weighted by molar-refractivity contribution is 0.00578. The Bertz CT molecular complexity index is 598. The Morgan fingerprint density at radius 3 is 2.36 bits per heavy atom. The van der Waals surface area contributed by atoms with E-state index in [1.54, 1.807) is 12.1 Å². The first-order valence-corrected chi connectivity index (χ1v) is 7.53. The van der Waals surface area contributed by atoms with Crippen molar-refractivity contribution in [2.45, 2.75) is 57.8 Å². The molecule has 1 aromatic rings. The second-order valence-electron chi connectivity index (χ2n) is 6.85. The minimum atomic E-state index is -0.682. The highest BCUT2D eigenvalue weighted by Crippen LogP contribution is 2.37. The second-order valence-corrected chi connectivity index (χ2v) is 6.85. The zero-order valence-corrected chi connectivity index (χ0v) is 13.4. The number of nitrogens with two attached hydrogens (primary N) is 1. The van der Waals surface area contributed by atoms with E-state index in [0.717, 1.165) is 12.8 Å². The Hall–Kier alpha value is -1.60. The summed E-state index contributed by atoms with van der Waals surface area (Å²) in [7, 11) is -0.682. The molecule has 1 aromatic heterocycles. The highest BCUT2D eigenvalue weighted by atomic mass is 16.7. The van der Waals surface area contributed by atoms with Crippen molar-refractivity contribution in [1.82, 2.24) is 4.98 Å². The summed E-state index contributed by atoms with van der Waals surface area (Å²) < 4.78 is 17.9. The summed E-state index contributed by atoms with van der Waals surface area (Å²) in [6, 6.07) is 3.28. The van der Waals surface area contributed by atoms with Crippen molar-refractivity contribution in [3.05, 3.63) is 17.8 Å². The van der Waals surface area contributed by atoms with E-state index in [-0.39, 0.29) is 11.8 Å². The molecule has 0 bridgehead atoms. The van der Waals surface area contributed by atoms with Gasteiger partial charge in [0.25, 0.3) is 5.91 Å². The number of aromatic nitrogens is 1. The van der Waals surface area contributed by atoms with E-state index in [1.807, 2.05) is 27.7 Å². The van der Waals surface area contributed by atoms with Gasteiger partial charge in [-0.1, -0.05) is 0 Å². The van der Waals surface area contributed by atoms with Crippen molar-refractivity contribution in [2.75, 3.05) is 0 Å². The third kappa shape index (κ3) is 2.70.